The largest absolute Gasteiger partial charge is 0.504 e. The average molecular weight is 296 g/mol. The van der Waals surface area contributed by atoms with Gasteiger partial charge in [0.05, 0.1) is 13.2 Å². The van der Waals surface area contributed by atoms with E-state index in [-0.39, 0.29) is 24.4 Å². The number of phenolic OH excluding ortho intramolecular Hbond substituents is 1. The molecule has 0 spiro atoms. The highest BCUT2D eigenvalue weighted by molar-refractivity contribution is 5.42. The Balaban J connectivity index is 2.89. The van der Waals surface area contributed by atoms with Crippen LogP contribution < -0.4 is 4.74 Å². The standard InChI is InChI=1S/C17H28O4/c1-6-12(2)13-7-8-15(14(19)11-13)21-16(17(3,4)5)20-10-9-18/h7-8,11-12,16,18-19H,6,9-10H2,1-5H3. The van der Waals surface area contributed by atoms with Gasteiger partial charge >= 0.3 is 0 Å². The summed E-state index contributed by atoms with van der Waals surface area (Å²) in [6.45, 7) is 10.3. The van der Waals surface area contributed by atoms with Crippen LogP contribution in [0.15, 0.2) is 18.2 Å². The molecule has 4 heteroatoms. The Bertz CT molecular complexity index is 437. The highest BCUT2D eigenvalue weighted by Gasteiger charge is 2.28. The second-order valence-electron chi connectivity index (χ2n) is 6.45. The van der Waals surface area contributed by atoms with Gasteiger partial charge in [-0.05, 0) is 30.0 Å². The van der Waals surface area contributed by atoms with Gasteiger partial charge in [0.2, 0.25) is 6.29 Å². The van der Waals surface area contributed by atoms with Crippen LogP contribution in [0.5, 0.6) is 11.5 Å². The Morgan fingerprint density at radius 1 is 1.24 bits per heavy atom. The van der Waals surface area contributed by atoms with Gasteiger partial charge in [0.15, 0.2) is 11.5 Å². The van der Waals surface area contributed by atoms with Crippen LogP contribution in [0.1, 0.15) is 52.5 Å². The van der Waals surface area contributed by atoms with Crippen LogP contribution in [-0.4, -0.2) is 29.7 Å². The van der Waals surface area contributed by atoms with E-state index in [2.05, 4.69) is 13.8 Å². The minimum absolute atomic E-state index is 0.0606. The van der Waals surface area contributed by atoms with Crippen LogP contribution >= 0.6 is 0 Å². The number of phenols is 1. The van der Waals surface area contributed by atoms with Gasteiger partial charge < -0.3 is 19.7 Å². The van der Waals surface area contributed by atoms with Crippen molar-refractivity contribution in [2.45, 2.75) is 53.2 Å². The Morgan fingerprint density at radius 3 is 2.38 bits per heavy atom. The quantitative estimate of drug-likeness (QED) is 0.754. The zero-order valence-electron chi connectivity index (χ0n) is 13.7. The number of hydrogen-bond donors (Lipinski definition) is 2. The van der Waals surface area contributed by atoms with Crippen LogP contribution in [0.25, 0.3) is 0 Å². The third-order valence-electron chi connectivity index (χ3n) is 3.47. The molecule has 0 radical (unpaired) electrons. The maximum absolute atomic E-state index is 10.1. The molecule has 0 aliphatic rings. The number of ether oxygens (including phenoxy) is 2. The summed E-state index contributed by atoms with van der Waals surface area (Å²) >= 11 is 0. The smallest absolute Gasteiger partial charge is 0.204 e. The van der Waals surface area contributed by atoms with Crippen molar-refractivity contribution < 1.29 is 19.7 Å². The van der Waals surface area contributed by atoms with Crippen LogP contribution in [0.2, 0.25) is 0 Å². The zero-order valence-corrected chi connectivity index (χ0v) is 13.7. The lowest BCUT2D eigenvalue weighted by Gasteiger charge is -2.31. The molecule has 21 heavy (non-hydrogen) atoms. The summed E-state index contributed by atoms with van der Waals surface area (Å²) in [5.74, 6) is 0.920. The van der Waals surface area contributed by atoms with Crippen molar-refractivity contribution in [3.8, 4) is 11.5 Å². The highest BCUT2D eigenvalue weighted by Crippen LogP contribution is 2.34. The van der Waals surface area contributed by atoms with E-state index in [9.17, 15) is 5.11 Å². The summed E-state index contributed by atoms with van der Waals surface area (Å²) in [6, 6.07) is 5.49. The van der Waals surface area contributed by atoms with Crippen LogP contribution in [0.3, 0.4) is 0 Å². The van der Waals surface area contributed by atoms with Gasteiger partial charge in [0.25, 0.3) is 0 Å². The van der Waals surface area contributed by atoms with Gasteiger partial charge in [-0.1, -0.05) is 40.7 Å². The number of benzene rings is 1. The maximum Gasteiger partial charge on any atom is 0.204 e. The molecule has 0 amide bonds. The van der Waals surface area contributed by atoms with Crippen molar-refractivity contribution >= 4 is 0 Å². The lowest BCUT2D eigenvalue weighted by Crippen LogP contribution is -2.35. The van der Waals surface area contributed by atoms with E-state index in [0.29, 0.717) is 11.7 Å². The maximum atomic E-state index is 10.1. The second kappa shape index (κ2) is 7.66. The van der Waals surface area contributed by atoms with Crippen molar-refractivity contribution in [3.05, 3.63) is 23.8 Å². The first kappa shape index (κ1) is 17.8. The molecule has 2 unspecified atom stereocenters. The summed E-state index contributed by atoms with van der Waals surface area (Å²) < 4.78 is 11.3. The van der Waals surface area contributed by atoms with Crippen LogP contribution in [0, 0.1) is 5.41 Å². The molecule has 1 aromatic carbocycles. The molecule has 0 saturated carbocycles. The van der Waals surface area contributed by atoms with Gasteiger partial charge in [0, 0.05) is 5.41 Å². The fourth-order valence-electron chi connectivity index (χ4n) is 1.91. The number of aliphatic hydroxyl groups excluding tert-OH is 1. The third kappa shape index (κ3) is 5.21. The zero-order chi connectivity index (χ0) is 16.0. The summed E-state index contributed by atoms with van der Waals surface area (Å²) in [5, 5.41) is 19.0. The highest BCUT2D eigenvalue weighted by atomic mass is 16.7. The first-order chi connectivity index (χ1) is 9.79. The molecule has 0 bridgehead atoms. The van der Waals surface area contributed by atoms with E-state index in [1.807, 2.05) is 26.8 Å². The molecule has 120 valence electrons. The van der Waals surface area contributed by atoms with E-state index < -0.39 is 6.29 Å². The van der Waals surface area contributed by atoms with Gasteiger partial charge in [-0.2, -0.15) is 0 Å². The summed E-state index contributed by atoms with van der Waals surface area (Å²) in [4.78, 5) is 0. The molecule has 4 nitrogen and oxygen atoms in total. The Kier molecular flexibility index (Phi) is 6.49. The Hall–Kier alpha value is -1.26. The molecule has 0 heterocycles. The Morgan fingerprint density at radius 2 is 1.90 bits per heavy atom. The second-order valence-corrected chi connectivity index (χ2v) is 6.45. The van der Waals surface area contributed by atoms with E-state index >= 15 is 0 Å². The predicted octanol–water partition coefficient (Wildman–Crippen LogP) is 3.67. The van der Waals surface area contributed by atoms with E-state index in [0.717, 1.165) is 12.0 Å². The lowest BCUT2D eigenvalue weighted by molar-refractivity contribution is -0.147. The molecular formula is C17H28O4. The normalized spacial score (nSPS) is 14.8. The molecule has 2 atom stereocenters. The predicted molar refractivity (Wildman–Crippen MR) is 83.7 cm³/mol. The molecule has 0 aliphatic heterocycles. The van der Waals surface area contributed by atoms with Gasteiger partial charge in [-0.25, -0.2) is 0 Å². The van der Waals surface area contributed by atoms with Gasteiger partial charge in [0.1, 0.15) is 0 Å². The first-order valence-electron chi connectivity index (χ1n) is 7.51. The van der Waals surface area contributed by atoms with E-state index in [1.54, 1.807) is 12.1 Å². The fourth-order valence-corrected chi connectivity index (χ4v) is 1.91. The number of rotatable bonds is 7. The van der Waals surface area contributed by atoms with Crippen LogP contribution in [-0.2, 0) is 4.74 Å². The lowest BCUT2D eigenvalue weighted by atomic mass is 9.95. The topological polar surface area (TPSA) is 58.9 Å². The van der Waals surface area contributed by atoms with Gasteiger partial charge in [-0.15, -0.1) is 0 Å². The fraction of sp³-hybridized carbons (Fsp3) is 0.647. The third-order valence-corrected chi connectivity index (χ3v) is 3.47. The molecule has 1 aromatic rings. The molecule has 0 saturated heterocycles. The minimum Gasteiger partial charge on any atom is -0.504 e. The summed E-state index contributed by atoms with van der Waals surface area (Å²) in [7, 11) is 0. The van der Waals surface area contributed by atoms with Crippen LogP contribution in [0.4, 0.5) is 0 Å². The van der Waals surface area contributed by atoms with Crippen molar-refractivity contribution in [2.24, 2.45) is 5.41 Å². The van der Waals surface area contributed by atoms with E-state index in [4.69, 9.17) is 14.6 Å². The van der Waals surface area contributed by atoms with Gasteiger partial charge in [-0.3, -0.25) is 0 Å². The number of aliphatic hydroxyl groups is 1. The van der Waals surface area contributed by atoms with Crippen molar-refractivity contribution in [1.82, 2.24) is 0 Å². The Labute approximate surface area is 127 Å². The molecule has 1 rings (SSSR count). The summed E-state index contributed by atoms with van der Waals surface area (Å²) in [6.07, 6.45) is 0.481. The van der Waals surface area contributed by atoms with E-state index in [1.165, 1.54) is 0 Å². The molecule has 0 aliphatic carbocycles. The molecule has 0 aromatic heterocycles. The first-order valence-corrected chi connectivity index (χ1v) is 7.51. The van der Waals surface area contributed by atoms with Crippen molar-refractivity contribution in [3.63, 3.8) is 0 Å². The number of aromatic hydroxyl groups is 1. The molecular weight excluding hydrogens is 268 g/mol. The van der Waals surface area contributed by atoms with Crippen molar-refractivity contribution in [1.29, 1.82) is 0 Å². The summed E-state index contributed by atoms with van der Waals surface area (Å²) in [5.41, 5.74) is 0.822. The SMILES string of the molecule is CCC(C)c1ccc(OC(OCCO)C(C)(C)C)c(O)c1. The van der Waals surface area contributed by atoms with Crippen molar-refractivity contribution in [2.75, 3.05) is 13.2 Å². The average Bonchev–Trinajstić information content (AvgIpc) is 2.42. The molecule has 0 fully saturated rings. The number of hydrogen-bond acceptors (Lipinski definition) is 4. The monoisotopic (exact) mass is 296 g/mol. The molecule has 2 N–H and O–H groups in total. The minimum atomic E-state index is -0.537.